The van der Waals surface area contributed by atoms with Crippen LogP contribution in [0.1, 0.15) is 22.7 Å². The summed E-state index contributed by atoms with van der Waals surface area (Å²) < 4.78 is 13.3. The molecule has 5 heteroatoms. The van der Waals surface area contributed by atoms with E-state index in [0.717, 1.165) is 29.6 Å². The highest BCUT2D eigenvalue weighted by Gasteiger charge is 2.27. The van der Waals surface area contributed by atoms with Gasteiger partial charge < -0.3 is 18.6 Å². The molecule has 0 spiro atoms. The molecular formula is C20H22N2O3. The van der Waals surface area contributed by atoms with Crippen LogP contribution in [0.3, 0.4) is 0 Å². The number of fused-ring (bicyclic) bond motifs is 2. The van der Waals surface area contributed by atoms with Crippen molar-refractivity contribution in [1.82, 2.24) is 9.47 Å². The molecule has 25 heavy (non-hydrogen) atoms. The lowest BCUT2D eigenvalue weighted by atomic mass is 10.1. The second kappa shape index (κ2) is 6.76. The van der Waals surface area contributed by atoms with Gasteiger partial charge in [0.1, 0.15) is 5.58 Å². The molecule has 0 saturated heterocycles. The molecule has 5 nitrogen and oxygen atoms in total. The van der Waals surface area contributed by atoms with E-state index in [9.17, 15) is 4.79 Å². The topological polar surface area (TPSA) is 47.6 Å². The third-order valence-corrected chi connectivity index (χ3v) is 4.86. The molecule has 1 unspecified atom stereocenters. The van der Waals surface area contributed by atoms with Crippen LogP contribution in [0.25, 0.3) is 11.0 Å². The number of methoxy groups -OCH3 is 1. The van der Waals surface area contributed by atoms with Gasteiger partial charge in [-0.3, -0.25) is 4.79 Å². The molecule has 0 bridgehead atoms. The van der Waals surface area contributed by atoms with Gasteiger partial charge in [-0.1, -0.05) is 18.2 Å². The van der Waals surface area contributed by atoms with Gasteiger partial charge >= 0.3 is 0 Å². The summed E-state index contributed by atoms with van der Waals surface area (Å²) in [6.45, 7) is 2.93. The van der Waals surface area contributed by atoms with Gasteiger partial charge in [0.05, 0.1) is 6.54 Å². The second-order valence-corrected chi connectivity index (χ2v) is 6.63. The maximum absolute atomic E-state index is 13.1. The van der Waals surface area contributed by atoms with Crippen LogP contribution in [0.2, 0.25) is 0 Å². The van der Waals surface area contributed by atoms with Crippen molar-refractivity contribution in [2.75, 3.05) is 20.3 Å². The summed E-state index contributed by atoms with van der Waals surface area (Å²) in [5.41, 5.74) is 1.91. The second-order valence-electron chi connectivity index (χ2n) is 6.63. The van der Waals surface area contributed by atoms with Crippen LogP contribution in [0.4, 0.5) is 0 Å². The molecule has 1 aromatic carbocycles. The van der Waals surface area contributed by atoms with Crippen LogP contribution in [0, 0.1) is 5.92 Å². The predicted molar refractivity (Wildman–Crippen MR) is 95.4 cm³/mol. The van der Waals surface area contributed by atoms with Crippen LogP contribution >= 0.6 is 0 Å². The van der Waals surface area contributed by atoms with Crippen LogP contribution in [-0.2, 0) is 17.8 Å². The molecule has 0 radical (unpaired) electrons. The number of carbonyl (C=O) groups is 1. The Morgan fingerprint density at radius 2 is 2.12 bits per heavy atom. The van der Waals surface area contributed by atoms with Gasteiger partial charge in [0, 0.05) is 44.1 Å². The fraction of sp³-hybridized carbons (Fsp3) is 0.350. The van der Waals surface area contributed by atoms with Gasteiger partial charge in [-0.05, 0) is 36.6 Å². The van der Waals surface area contributed by atoms with Gasteiger partial charge in [0.15, 0.2) is 5.76 Å². The smallest absolute Gasteiger partial charge is 0.289 e. The van der Waals surface area contributed by atoms with E-state index in [2.05, 4.69) is 16.8 Å². The molecule has 1 aliphatic heterocycles. The van der Waals surface area contributed by atoms with Crippen molar-refractivity contribution >= 4 is 16.9 Å². The summed E-state index contributed by atoms with van der Waals surface area (Å²) in [5.74, 6) is 0.724. The van der Waals surface area contributed by atoms with Crippen molar-refractivity contribution in [3.8, 4) is 0 Å². The number of amides is 1. The highest BCUT2D eigenvalue weighted by atomic mass is 16.5. The molecule has 0 fully saturated rings. The molecule has 1 atom stereocenters. The summed E-state index contributed by atoms with van der Waals surface area (Å²) in [5, 5.41) is 0.958. The molecule has 1 amide bonds. The van der Waals surface area contributed by atoms with Crippen molar-refractivity contribution in [2.24, 2.45) is 5.92 Å². The number of para-hydroxylation sites is 1. The van der Waals surface area contributed by atoms with E-state index in [0.29, 0.717) is 31.4 Å². The van der Waals surface area contributed by atoms with E-state index in [1.54, 1.807) is 7.11 Å². The molecule has 0 N–H and O–H groups in total. The Balaban J connectivity index is 1.61. The summed E-state index contributed by atoms with van der Waals surface area (Å²) in [6, 6.07) is 13.7. The molecule has 4 rings (SSSR count). The molecule has 0 aliphatic carbocycles. The molecule has 0 saturated carbocycles. The summed E-state index contributed by atoms with van der Waals surface area (Å²) in [4.78, 5) is 15.0. The molecule has 2 aromatic heterocycles. The molecule has 1 aliphatic rings. The zero-order chi connectivity index (χ0) is 17.2. The van der Waals surface area contributed by atoms with Crippen LogP contribution in [0.15, 0.2) is 53.1 Å². The van der Waals surface area contributed by atoms with Crippen molar-refractivity contribution in [2.45, 2.75) is 19.5 Å². The Morgan fingerprint density at radius 1 is 1.24 bits per heavy atom. The molecule has 3 aromatic rings. The van der Waals surface area contributed by atoms with Crippen LogP contribution in [-0.4, -0.2) is 35.6 Å². The van der Waals surface area contributed by atoms with Gasteiger partial charge in [-0.15, -0.1) is 0 Å². The average molecular weight is 338 g/mol. The highest BCUT2D eigenvalue weighted by molar-refractivity contribution is 5.96. The van der Waals surface area contributed by atoms with E-state index in [1.807, 2.05) is 41.3 Å². The maximum atomic E-state index is 13.1. The third kappa shape index (κ3) is 3.20. The number of ether oxygens (including phenoxy) is 1. The predicted octanol–water partition coefficient (Wildman–Crippen LogP) is 3.54. The van der Waals surface area contributed by atoms with E-state index in [4.69, 9.17) is 9.15 Å². The zero-order valence-electron chi connectivity index (χ0n) is 14.4. The van der Waals surface area contributed by atoms with Crippen LogP contribution in [0.5, 0.6) is 0 Å². The minimum Gasteiger partial charge on any atom is -0.451 e. The third-order valence-electron chi connectivity index (χ3n) is 4.86. The number of rotatable bonds is 4. The van der Waals surface area contributed by atoms with E-state index in [-0.39, 0.29) is 5.91 Å². The number of furan rings is 1. The fourth-order valence-corrected chi connectivity index (χ4v) is 3.54. The lowest BCUT2D eigenvalue weighted by Crippen LogP contribution is -2.34. The first-order valence-corrected chi connectivity index (χ1v) is 8.65. The Labute approximate surface area is 146 Å². The maximum Gasteiger partial charge on any atom is 0.289 e. The standard InChI is InChI=1S/C20H22N2O3/c1-24-10-8-15-12-21-9-4-6-17(21)14-22(13-15)20(23)19-11-16-5-2-3-7-18(16)25-19/h2-7,9,11,15H,8,10,12-14H2,1H3. The monoisotopic (exact) mass is 338 g/mol. The van der Waals surface area contributed by atoms with Gasteiger partial charge in [0.25, 0.3) is 5.91 Å². The van der Waals surface area contributed by atoms with Gasteiger partial charge in [0.2, 0.25) is 0 Å². The summed E-state index contributed by atoms with van der Waals surface area (Å²) in [6.07, 6.45) is 3.02. The Hall–Kier alpha value is -2.53. The Bertz CT molecular complexity index is 847. The van der Waals surface area contributed by atoms with Gasteiger partial charge in [-0.2, -0.15) is 0 Å². The van der Waals surface area contributed by atoms with E-state index < -0.39 is 0 Å². The Kier molecular flexibility index (Phi) is 4.32. The number of benzene rings is 1. The van der Waals surface area contributed by atoms with E-state index in [1.165, 1.54) is 0 Å². The van der Waals surface area contributed by atoms with Crippen molar-refractivity contribution < 1.29 is 13.9 Å². The number of nitrogens with zero attached hydrogens (tertiary/aromatic N) is 2. The first-order chi connectivity index (χ1) is 12.2. The van der Waals surface area contributed by atoms with Crippen molar-refractivity contribution in [3.63, 3.8) is 0 Å². The SMILES string of the molecule is COCCC1CN(C(=O)c2cc3ccccc3o2)Cc2cccn2C1. The van der Waals surface area contributed by atoms with Crippen LogP contribution < -0.4 is 0 Å². The van der Waals surface area contributed by atoms with Gasteiger partial charge in [-0.25, -0.2) is 0 Å². The molecular weight excluding hydrogens is 316 g/mol. The highest BCUT2D eigenvalue weighted by Crippen LogP contribution is 2.24. The average Bonchev–Trinajstić information content (AvgIpc) is 3.21. The Morgan fingerprint density at radius 3 is 2.96 bits per heavy atom. The minimum absolute atomic E-state index is 0.0479. The minimum atomic E-state index is -0.0479. The number of hydrogen-bond acceptors (Lipinski definition) is 3. The molecule has 130 valence electrons. The fourth-order valence-electron chi connectivity index (χ4n) is 3.54. The number of aromatic nitrogens is 1. The largest absolute Gasteiger partial charge is 0.451 e. The zero-order valence-corrected chi connectivity index (χ0v) is 14.4. The summed E-state index contributed by atoms with van der Waals surface area (Å²) >= 11 is 0. The molecule has 3 heterocycles. The number of hydrogen-bond donors (Lipinski definition) is 0. The first-order valence-electron chi connectivity index (χ1n) is 8.65. The van der Waals surface area contributed by atoms with E-state index >= 15 is 0 Å². The quantitative estimate of drug-likeness (QED) is 0.731. The normalized spacial score (nSPS) is 17.5. The summed E-state index contributed by atoms with van der Waals surface area (Å²) in [7, 11) is 1.72. The number of carbonyl (C=O) groups excluding carboxylic acids is 1. The van der Waals surface area contributed by atoms with Crippen molar-refractivity contribution in [1.29, 1.82) is 0 Å². The lowest BCUT2D eigenvalue weighted by Gasteiger charge is -2.23. The lowest BCUT2D eigenvalue weighted by molar-refractivity contribution is 0.0676. The first kappa shape index (κ1) is 16.0. The van der Waals surface area contributed by atoms with Crippen molar-refractivity contribution in [3.05, 3.63) is 60.1 Å².